The lowest BCUT2D eigenvalue weighted by atomic mass is 9.86. The number of hydrogen-bond acceptors (Lipinski definition) is 20. The van der Waals surface area contributed by atoms with Crippen molar-refractivity contribution in [1.82, 2.24) is 45.3 Å². The summed E-state index contributed by atoms with van der Waals surface area (Å²) < 4.78 is 75.3. The number of benzene rings is 3. The molecule has 4 heterocycles. The van der Waals surface area contributed by atoms with E-state index in [-0.39, 0.29) is 63.0 Å². The average molecular weight is 1400 g/mol. The molecule has 4 aromatic heterocycles. The summed E-state index contributed by atoms with van der Waals surface area (Å²) >= 11 is 2.88. The van der Waals surface area contributed by atoms with Crippen LogP contribution in [-0.4, -0.2) is 101 Å². The van der Waals surface area contributed by atoms with Gasteiger partial charge in [0.05, 0.1) is 46.7 Å². The van der Waals surface area contributed by atoms with E-state index >= 15 is 0 Å². The Kier molecular flexibility index (Phi) is 26.5. The summed E-state index contributed by atoms with van der Waals surface area (Å²) in [6, 6.07) is 21.4. The standard InChI is InChI=1S/C30H40N6O5S2.C30H37N5O8S2.C6H8N2/c1-19(2)41-29(38)35-22-8-6-21(7-9-22)27-32-18-25(42-27)24-11-10-23(16-26(24)43(39,40)36-30(3,4)5)34-28(37)33-17-20-12-14-31-15-13-20;1-18(2)42-28(36)32-20-8-6-19(7-9-20)27-31-17-25(44-27)24-15-10-21(16-26(24)45(40,41)34-30(3,4)5)33-29(37)43-23-13-11-22(12-14-23)35(38)39;7-5-6-1-3-8-4-2-6/h10-16,18-19,21-22,36H,6-9,17H2,1-5H3,(H,35,38)(H2,33,34,37);10-20,34H,6-9H2,1-5H3,(H,32,36)(H,33,37);1-4H,5,7H2. The topological polar surface area (TPSA) is 369 Å². The number of rotatable bonds is 19. The molecule has 5 amide bonds. The smallest absolute Gasteiger partial charge is 0.417 e. The van der Waals surface area contributed by atoms with Crippen molar-refractivity contribution < 1.29 is 55.1 Å². The number of carbonyl (C=O) groups is 4. The van der Waals surface area contributed by atoms with Gasteiger partial charge >= 0.3 is 24.3 Å². The van der Waals surface area contributed by atoms with Gasteiger partial charge in [0.2, 0.25) is 20.0 Å². The van der Waals surface area contributed by atoms with Gasteiger partial charge in [-0.15, -0.1) is 22.7 Å². The van der Waals surface area contributed by atoms with Gasteiger partial charge in [0.15, 0.2) is 0 Å². The van der Waals surface area contributed by atoms with Crippen LogP contribution in [0.15, 0.2) is 132 Å². The molecule has 2 saturated carbocycles. The maximum atomic E-state index is 13.6. The lowest BCUT2D eigenvalue weighted by Gasteiger charge is -2.28. The van der Waals surface area contributed by atoms with Crippen molar-refractivity contribution in [3.05, 3.63) is 153 Å². The Balaban J connectivity index is 0.000000242. The van der Waals surface area contributed by atoms with Crippen LogP contribution in [0.4, 0.5) is 36.2 Å². The van der Waals surface area contributed by atoms with Crippen LogP contribution in [0.2, 0.25) is 0 Å². The van der Waals surface area contributed by atoms with Crippen LogP contribution in [0.25, 0.3) is 20.9 Å². The van der Waals surface area contributed by atoms with E-state index in [1.165, 1.54) is 59.1 Å². The summed E-state index contributed by atoms with van der Waals surface area (Å²) in [6.45, 7) is 18.6. The van der Waals surface area contributed by atoms with Gasteiger partial charge < -0.3 is 41.2 Å². The molecule has 2 aliphatic carbocycles. The van der Waals surface area contributed by atoms with Gasteiger partial charge in [-0.05, 0) is 192 Å². The third-order valence-electron chi connectivity index (χ3n) is 14.4. The van der Waals surface area contributed by atoms with Crippen molar-refractivity contribution >= 4 is 84.1 Å². The second-order valence-corrected chi connectivity index (χ2v) is 31.0. The third-order valence-corrected chi connectivity index (χ3v) is 20.4. The van der Waals surface area contributed by atoms with Crippen LogP contribution in [0.3, 0.4) is 0 Å². The van der Waals surface area contributed by atoms with E-state index in [0.29, 0.717) is 34.8 Å². The van der Waals surface area contributed by atoms with Crippen LogP contribution in [0.1, 0.15) is 154 Å². The predicted molar refractivity (Wildman–Crippen MR) is 370 cm³/mol. The highest BCUT2D eigenvalue weighted by Crippen LogP contribution is 2.42. The zero-order valence-electron chi connectivity index (χ0n) is 55.3. The first-order valence-electron chi connectivity index (χ1n) is 31.3. The number of alkyl carbamates (subject to hydrolysis) is 2. The maximum Gasteiger partial charge on any atom is 0.417 e. The summed E-state index contributed by atoms with van der Waals surface area (Å²) in [6.07, 6.45) is 14.6. The minimum atomic E-state index is -4.05. The first-order chi connectivity index (χ1) is 45.3. The van der Waals surface area contributed by atoms with Crippen molar-refractivity contribution in [2.75, 3.05) is 10.6 Å². The number of thiazole rings is 2. The highest BCUT2D eigenvalue weighted by atomic mass is 32.2. The van der Waals surface area contributed by atoms with Crippen LogP contribution in [-0.2, 0) is 42.6 Å². The minimum absolute atomic E-state index is 0.0271. The average Bonchev–Trinajstić information content (AvgIpc) is 1.41. The fourth-order valence-corrected chi connectivity index (χ4v) is 15.9. The molecule has 96 heavy (non-hydrogen) atoms. The van der Waals surface area contributed by atoms with Crippen molar-refractivity contribution in [3.8, 4) is 26.6 Å². The van der Waals surface area contributed by atoms with E-state index in [9.17, 15) is 46.1 Å². The predicted octanol–water partition coefficient (Wildman–Crippen LogP) is 12.9. The zero-order valence-corrected chi connectivity index (χ0v) is 58.6. The van der Waals surface area contributed by atoms with E-state index in [2.05, 4.69) is 56.0 Å². The van der Waals surface area contributed by atoms with E-state index in [0.717, 1.165) is 77.4 Å². The van der Waals surface area contributed by atoms with E-state index in [4.69, 9.17) is 19.9 Å². The molecule has 9 N–H and O–H groups in total. The second kappa shape index (κ2) is 33.9. The number of sulfonamides is 2. The van der Waals surface area contributed by atoms with Crippen LogP contribution in [0.5, 0.6) is 5.75 Å². The number of nitro groups is 1. The molecule has 9 rings (SSSR count). The molecule has 0 spiro atoms. The lowest BCUT2D eigenvalue weighted by Crippen LogP contribution is -2.40. The number of ether oxygens (including phenoxy) is 3. The summed E-state index contributed by atoms with van der Waals surface area (Å²) in [5.41, 5.74) is 7.14. The van der Waals surface area contributed by atoms with Crippen LogP contribution < -0.4 is 46.5 Å². The normalized spacial score (nSPS) is 16.5. The van der Waals surface area contributed by atoms with Gasteiger partial charge in [-0.2, -0.15) is 0 Å². The van der Waals surface area contributed by atoms with E-state index in [1.807, 2.05) is 26.0 Å². The molecule has 3 aromatic carbocycles. The highest BCUT2D eigenvalue weighted by molar-refractivity contribution is 7.90. The van der Waals surface area contributed by atoms with Crippen LogP contribution in [0, 0.1) is 10.1 Å². The Morgan fingerprint density at radius 2 is 1.01 bits per heavy atom. The molecule has 0 aliphatic heterocycles. The molecule has 0 unspecified atom stereocenters. The Hall–Kier alpha value is -8.52. The van der Waals surface area contributed by atoms with Crippen molar-refractivity contribution in [1.29, 1.82) is 0 Å². The number of pyridine rings is 2. The molecule has 7 aromatic rings. The monoisotopic (exact) mass is 1400 g/mol. The molecule has 0 radical (unpaired) electrons. The Morgan fingerprint density at radius 1 is 0.594 bits per heavy atom. The van der Waals surface area contributed by atoms with Gasteiger partial charge in [0.1, 0.15) is 5.75 Å². The van der Waals surface area contributed by atoms with Crippen LogP contribution >= 0.6 is 22.7 Å². The summed E-state index contributed by atoms with van der Waals surface area (Å²) in [4.78, 5) is 77.9. The molecular formula is C66H85N13O13S4. The molecule has 0 bridgehead atoms. The largest absolute Gasteiger partial charge is 0.447 e. The quantitative estimate of drug-likeness (QED) is 0.0275. The molecule has 26 nitrogen and oxygen atoms in total. The molecule has 30 heteroatoms. The molecular weight excluding hydrogens is 1310 g/mol. The summed E-state index contributed by atoms with van der Waals surface area (Å²) in [7, 11) is -8.00. The number of anilines is 2. The second-order valence-electron chi connectivity index (χ2n) is 25.5. The van der Waals surface area contributed by atoms with Gasteiger partial charge in [-0.25, -0.2) is 55.4 Å². The number of urea groups is 1. The lowest BCUT2D eigenvalue weighted by molar-refractivity contribution is -0.384. The Labute approximate surface area is 568 Å². The van der Waals surface area contributed by atoms with Gasteiger partial charge in [0.25, 0.3) is 5.69 Å². The van der Waals surface area contributed by atoms with Crippen molar-refractivity contribution in [2.45, 2.75) is 191 Å². The van der Waals surface area contributed by atoms with Gasteiger partial charge in [-0.1, -0.05) is 12.1 Å². The summed E-state index contributed by atoms with van der Waals surface area (Å²) in [5, 5.41) is 26.6. The molecule has 2 aliphatic rings. The minimum Gasteiger partial charge on any atom is -0.447 e. The molecule has 2 fully saturated rings. The summed E-state index contributed by atoms with van der Waals surface area (Å²) in [5.74, 6) is 0.468. The fraction of sp³-hybridized carbons (Fsp3) is 0.424. The molecule has 0 saturated heterocycles. The first-order valence-corrected chi connectivity index (χ1v) is 35.9. The number of nitrogens with zero attached hydrogens (tertiary/aromatic N) is 5. The Morgan fingerprint density at radius 3 is 1.40 bits per heavy atom. The number of aromatic nitrogens is 4. The number of non-ortho nitro benzene ring substituents is 1. The number of nitrogens with two attached hydrogens (primary N) is 1. The molecule has 516 valence electrons. The Bertz CT molecular complexity index is 3980. The first kappa shape index (κ1) is 74.9. The zero-order chi connectivity index (χ0) is 70.0. The number of hydrogen-bond donors (Lipinski definition) is 8. The van der Waals surface area contributed by atoms with Gasteiger partial charge in [0, 0.05) is 120 Å². The number of nitro benzene ring substituents is 1. The maximum absolute atomic E-state index is 13.6. The third kappa shape index (κ3) is 23.7. The fourth-order valence-electron chi connectivity index (χ4n) is 10.2. The molecule has 0 atom stereocenters. The van der Waals surface area contributed by atoms with E-state index < -0.39 is 60.4 Å². The number of amides is 5. The van der Waals surface area contributed by atoms with Gasteiger partial charge in [-0.3, -0.25) is 25.4 Å². The van der Waals surface area contributed by atoms with E-state index in [1.54, 1.807) is 129 Å². The highest BCUT2D eigenvalue weighted by Gasteiger charge is 2.32. The van der Waals surface area contributed by atoms with Crippen molar-refractivity contribution in [3.63, 3.8) is 0 Å². The number of carbonyl (C=O) groups excluding carboxylic acids is 4. The number of nitrogens with one attached hydrogen (secondary N) is 7. The SMILES string of the molecule is CC(C)OC(=O)NC1CCC(c2ncc(-c3ccc(NC(=O)NCc4ccncc4)cc3S(=O)(=O)NC(C)(C)C)s2)CC1.CC(C)OC(=O)NC1CCC(c2ncc(-c3ccc(NC(=O)Oc4ccc([N+](=O)[O-])cc4)cc3S(=O)(=O)NC(C)(C)C)s2)CC1.NCc1ccncc1. The van der Waals surface area contributed by atoms with Crippen molar-refractivity contribution in [2.24, 2.45) is 5.73 Å².